The maximum absolute atomic E-state index is 5.99. The van der Waals surface area contributed by atoms with Gasteiger partial charge in [-0.3, -0.25) is 0 Å². The number of nitrogens with one attached hydrogen (secondary N) is 1. The lowest BCUT2D eigenvalue weighted by Gasteiger charge is -2.35. The molecule has 1 unspecified atom stereocenters. The maximum Gasteiger partial charge on any atom is 0.0598 e. The van der Waals surface area contributed by atoms with Crippen LogP contribution < -0.4 is 5.32 Å². The number of hydrogen-bond acceptors (Lipinski definition) is 2. The fourth-order valence-corrected chi connectivity index (χ4v) is 2.69. The Balaban J connectivity index is 2.81. The van der Waals surface area contributed by atoms with Crippen LogP contribution in [0.15, 0.2) is 30.3 Å². The Bertz CT molecular complexity index is 382. The molecule has 2 nitrogen and oxygen atoms in total. The summed E-state index contributed by atoms with van der Waals surface area (Å²) in [6.07, 6.45) is 3.36. The van der Waals surface area contributed by atoms with E-state index in [9.17, 15) is 0 Å². The lowest BCUT2D eigenvalue weighted by molar-refractivity contribution is -0.0122. The SMILES string of the molecule is CCCNCC(CC)(CCOC(C)(C)C)c1ccccc1. The highest BCUT2D eigenvalue weighted by Gasteiger charge is 2.30. The molecule has 0 saturated heterocycles. The van der Waals surface area contributed by atoms with Crippen molar-refractivity contribution in [2.75, 3.05) is 19.7 Å². The van der Waals surface area contributed by atoms with Gasteiger partial charge in [-0.25, -0.2) is 0 Å². The highest BCUT2D eigenvalue weighted by molar-refractivity contribution is 5.26. The Kier molecular flexibility index (Phi) is 7.41. The van der Waals surface area contributed by atoms with Crippen molar-refractivity contribution in [1.82, 2.24) is 5.32 Å². The van der Waals surface area contributed by atoms with Gasteiger partial charge in [0.2, 0.25) is 0 Å². The van der Waals surface area contributed by atoms with E-state index >= 15 is 0 Å². The summed E-state index contributed by atoms with van der Waals surface area (Å²) in [5.41, 5.74) is 1.53. The zero-order chi connectivity index (χ0) is 15.8. The van der Waals surface area contributed by atoms with Crippen LogP contribution in [0.4, 0.5) is 0 Å². The minimum Gasteiger partial charge on any atom is -0.376 e. The van der Waals surface area contributed by atoms with Crippen molar-refractivity contribution >= 4 is 0 Å². The third-order valence-electron chi connectivity index (χ3n) is 4.07. The molecule has 0 aromatic heterocycles. The van der Waals surface area contributed by atoms with Crippen LogP contribution in [-0.4, -0.2) is 25.3 Å². The predicted molar refractivity (Wildman–Crippen MR) is 91.9 cm³/mol. The molecule has 0 aliphatic heterocycles. The molecule has 1 N–H and O–H groups in total. The van der Waals surface area contributed by atoms with Crippen LogP contribution in [0.25, 0.3) is 0 Å². The van der Waals surface area contributed by atoms with Crippen molar-refractivity contribution in [2.45, 2.75) is 64.9 Å². The van der Waals surface area contributed by atoms with Crippen molar-refractivity contribution in [3.8, 4) is 0 Å². The first-order valence-corrected chi connectivity index (χ1v) is 8.34. The summed E-state index contributed by atoms with van der Waals surface area (Å²) in [5.74, 6) is 0. The number of benzene rings is 1. The molecule has 0 heterocycles. The Morgan fingerprint density at radius 3 is 2.24 bits per heavy atom. The van der Waals surface area contributed by atoms with Gasteiger partial charge in [-0.05, 0) is 52.1 Å². The molecule has 0 fully saturated rings. The van der Waals surface area contributed by atoms with Crippen LogP contribution in [0.5, 0.6) is 0 Å². The average Bonchev–Trinajstić information content (AvgIpc) is 2.45. The number of ether oxygens (including phenoxy) is 1. The summed E-state index contributed by atoms with van der Waals surface area (Å²) in [6, 6.07) is 10.9. The van der Waals surface area contributed by atoms with Crippen LogP contribution in [0.3, 0.4) is 0 Å². The van der Waals surface area contributed by atoms with E-state index in [2.05, 4.69) is 70.3 Å². The highest BCUT2D eigenvalue weighted by Crippen LogP contribution is 2.31. The van der Waals surface area contributed by atoms with E-state index in [1.165, 1.54) is 12.0 Å². The Labute approximate surface area is 131 Å². The van der Waals surface area contributed by atoms with E-state index in [-0.39, 0.29) is 11.0 Å². The van der Waals surface area contributed by atoms with Crippen LogP contribution >= 0.6 is 0 Å². The molecule has 0 spiro atoms. The van der Waals surface area contributed by atoms with Gasteiger partial charge in [0, 0.05) is 18.6 Å². The second-order valence-corrected chi connectivity index (χ2v) is 6.89. The molecule has 1 rings (SSSR count). The second kappa shape index (κ2) is 8.55. The third-order valence-corrected chi connectivity index (χ3v) is 4.07. The van der Waals surface area contributed by atoms with E-state index in [0.717, 1.165) is 32.5 Å². The molecule has 0 aliphatic carbocycles. The van der Waals surface area contributed by atoms with Gasteiger partial charge >= 0.3 is 0 Å². The number of rotatable bonds is 9. The van der Waals surface area contributed by atoms with E-state index in [4.69, 9.17) is 4.74 Å². The van der Waals surface area contributed by atoms with Crippen molar-refractivity contribution in [3.63, 3.8) is 0 Å². The third kappa shape index (κ3) is 6.19. The lowest BCUT2D eigenvalue weighted by atomic mass is 9.75. The van der Waals surface area contributed by atoms with E-state index in [0.29, 0.717) is 0 Å². The maximum atomic E-state index is 5.99. The monoisotopic (exact) mass is 291 g/mol. The second-order valence-electron chi connectivity index (χ2n) is 6.89. The predicted octanol–water partition coefficient (Wildman–Crippen LogP) is 4.54. The molecule has 21 heavy (non-hydrogen) atoms. The molecule has 0 radical (unpaired) electrons. The van der Waals surface area contributed by atoms with Crippen molar-refractivity contribution < 1.29 is 4.74 Å². The molecule has 0 saturated carbocycles. The zero-order valence-electron chi connectivity index (χ0n) is 14.5. The van der Waals surface area contributed by atoms with Gasteiger partial charge in [0.25, 0.3) is 0 Å². The standard InChI is InChI=1S/C19H33NO/c1-6-14-20-16-19(7-2,13-15-21-18(3,4)5)17-11-9-8-10-12-17/h8-12,20H,6-7,13-16H2,1-5H3. The summed E-state index contributed by atoms with van der Waals surface area (Å²) < 4.78 is 5.99. The lowest BCUT2D eigenvalue weighted by Crippen LogP contribution is -2.39. The molecule has 1 aromatic rings. The van der Waals surface area contributed by atoms with Gasteiger partial charge in [0.05, 0.1) is 5.60 Å². The van der Waals surface area contributed by atoms with Crippen LogP contribution in [-0.2, 0) is 10.2 Å². The van der Waals surface area contributed by atoms with Gasteiger partial charge in [0.1, 0.15) is 0 Å². The minimum atomic E-state index is -0.0625. The first-order valence-electron chi connectivity index (χ1n) is 8.34. The average molecular weight is 291 g/mol. The van der Waals surface area contributed by atoms with Gasteiger partial charge in [0.15, 0.2) is 0 Å². The van der Waals surface area contributed by atoms with E-state index in [1.807, 2.05) is 0 Å². The first-order chi connectivity index (χ1) is 9.93. The summed E-state index contributed by atoms with van der Waals surface area (Å²) in [6.45, 7) is 13.8. The molecule has 120 valence electrons. The Hall–Kier alpha value is -0.860. The molecule has 0 bridgehead atoms. The molecule has 0 aliphatic rings. The fraction of sp³-hybridized carbons (Fsp3) is 0.684. The molecular formula is C19H33NO. The summed E-state index contributed by atoms with van der Waals surface area (Å²) in [7, 11) is 0. The molecule has 2 heteroatoms. The summed E-state index contributed by atoms with van der Waals surface area (Å²) >= 11 is 0. The molecule has 1 atom stereocenters. The fourth-order valence-electron chi connectivity index (χ4n) is 2.69. The largest absolute Gasteiger partial charge is 0.376 e. The van der Waals surface area contributed by atoms with Gasteiger partial charge in [-0.2, -0.15) is 0 Å². The van der Waals surface area contributed by atoms with Gasteiger partial charge < -0.3 is 10.1 Å². The smallest absolute Gasteiger partial charge is 0.0598 e. The zero-order valence-corrected chi connectivity index (χ0v) is 14.5. The van der Waals surface area contributed by atoms with Crippen LogP contribution in [0, 0.1) is 0 Å². The van der Waals surface area contributed by atoms with Crippen molar-refractivity contribution in [1.29, 1.82) is 0 Å². The van der Waals surface area contributed by atoms with Crippen molar-refractivity contribution in [2.24, 2.45) is 0 Å². The summed E-state index contributed by atoms with van der Waals surface area (Å²) in [4.78, 5) is 0. The van der Waals surface area contributed by atoms with Gasteiger partial charge in [-0.15, -0.1) is 0 Å². The van der Waals surface area contributed by atoms with Crippen molar-refractivity contribution in [3.05, 3.63) is 35.9 Å². The topological polar surface area (TPSA) is 21.3 Å². The molecular weight excluding hydrogens is 258 g/mol. The highest BCUT2D eigenvalue weighted by atomic mass is 16.5. The van der Waals surface area contributed by atoms with E-state index in [1.54, 1.807) is 0 Å². The normalized spacial score (nSPS) is 14.9. The molecule has 0 amide bonds. The summed E-state index contributed by atoms with van der Waals surface area (Å²) in [5, 5.41) is 3.62. The molecule has 1 aromatic carbocycles. The quantitative estimate of drug-likeness (QED) is 0.674. The van der Waals surface area contributed by atoms with Crippen LogP contribution in [0.2, 0.25) is 0 Å². The van der Waals surface area contributed by atoms with E-state index < -0.39 is 0 Å². The number of hydrogen-bond donors (Lipinski definition) is 1. The minimum absolute atomic E-state index is 0.0625. The Morgan fingerprint density at radius 1 is 1.05 bits per heavy atom. The Morgan fingerprint density at radius 2 is 1.71 bits per heavy atom. The van der Waals surface area contributed by atoms with Crippen LogP contribution in [0.1, 0.15) is 59.4 Å². The van der Waals surface area contributed by atoms with Gasteiger partial charge in [-0.1, -0.05) is 44.2 Å². The first kappa shape index (κ1) is 18.2.